The van der Waals surface area contributed by atoms with Crippen LogP contribution in [0.1, 0.15) is 25.7 Å². The largest absolute Gasteiger partial charge is 0.366 e. The van der Waals surface area contributed by atoms with Crippen molar-refractivity contribution in [2.75, 3.05) is 16.8 Å². The second-order valence-electron chi connectivity index (χ2n) is 5.20. The lowest BCUT2D eigenvalue weighted by molar-refractivity contribution is 0.627. The maximum Gasteiger partial charge on any atom is 0.112 e. The van der Waals surface area contributed by atoms with E-state index in [1.54, 1.807) is 0 Å². The highest BCUT2D eigenvalue weighted by Gasteiger charge is 2.22. The predicted molar refractivity (Wildman–Crippen MR) is 90.6 cm³/mol. The molecule has 0 saturated carbocycles. The molecule has 0 bridgehead atoms. The monoisotopic (exact) mass is 397 g/mol. The van der Waals surface area contributed by atoms with Crippen LogP contribution in [0.25, 0.3) is 11.0 Å². The Morgan fingerprint density at radius 2 is 2.15 bits per heavy atom. The summed E-state index contributed by atoms with van der Waals surface area (Å²) in [5, 5.41) is 1.01. The fourth-order valence-electron chi connectivity index (χ4n) is 2.88. The van der Waals surface area contributed by atoms with Crippen molar-refractivity contribution in [3.63, 3.8) is 0 Å². The van der Waals surface area contributed by atoms with Crippen LogP contribution in [-0.4, -0.2) is 27.9 Å². The van der Waals surface area contributed by atoms with Gasteiger partial charge in [-0.1, -0.05) is 28.8 Å². The van der Waals surface area contributed by atoms with E-state index in [-0.39, 0.29) is 0 Å². The standard InChI is InChI=1S/C15H17Br2N3/c16-9-12-4-2-1-3-7-20(12)14-5-6-18-13-8-11(17)10-19-15(13)14/h5-6,8,10,12H,1-4,7,9H2. The van der Waals surface area contributed by atoms with Crippen LogP contribution >= 0.6 is 31.9 Å². The summed E-state index contributed by atoms with van der Waals surface area (Å²) >= 11 is 7.14. The van der Waals surface area contributed by atoms with Gasteiger partial charge < -0.3 is 4.90 Å². The van der Waals surface area contributed by atoms with Gasteiger partial charge >= 0.3 is 0 Å². The summed E-state index contributed by atoms with van der Waals surface area (Å²) in [7, 11) is 0. The third kappa shape index (κ3) is 2.84. The highest BCUT2D eigenvalue weighted by Crippen LogP contribution is 2.30. The summed E-state index contributed by atoms with van der Waals surface area (Å²) < 4.78 is 0.975. The maximum atomic E-state index is 4.59. The van der Waals surface area contributed by atoms with E-state index in [2.05, 4.69) is 52.8 Å². The van der Waals surface area contributed by atoms with E-state index < -0.39 is 0 Å². The number of hydrogen-bond acceptors (Lipinski definition) is 3. The van der Waals surface area contributed by atoms with Gasteiger partial charge in [0, 0.05) is 34.8 Å². The summed E-state index contributed by atoms with van der Waals surface area (Å²) in [5.74, 6) is 0. The lowest BCUT2D eigenvalue weighted by Crippen LogP contribution is -2.36. The van der Waals surface area contributed by atoms with E-state index >= 15 is 0 Å². The molecule has 1 aliphatic rings. The molecule has 0 aliphatic carbocycles. The second kappa shape index (κ2) is 6.39. The average molecular weight is 399 g/mol. The Bertz CT molecular complexity index is 603. The number of hydrogen-bond donors (Lipinski definition) is 0. The van der Waals surface area contributed by atoms with Crippen molar-refractivity contribution < 1.29 is 0 Å². The van der Waals surface area contributed by atoms with Gasteiger partial charge in [0.1, 0.15) is 5.52 Å². The van der Waals surface area contributed by atoms with E-state index in [4.69, 9.17) is 0 Å². The van der Waals surface area contributed by atoms with Crippen LogP contribution in [0.4, 0.5) is 5.69 Å². The Labute approximate surface area is 136 Å². The zero-order chi connectivity index (χ0) is 13.9. The SMILES string of the molecule is BrCC1CCCCCN1c1ccnc2cc(Br)cnc12. The Morgan fingerprint density at radius 1 is 1.25 bits per heavy atom. The van der Waals surface area contributed by atoms with Crippen LogP contribution in [-0.2, 0) is 0 Å². The molecule has 0 amide bonds. The molecule has 2 aromatic heterocycles. The molecule has 1 aliphatic heterocycles. The van der Waals surface area contributed by atoms with Crippen molar-refractivity contribution >= 4 is 48.6 Å². The first kappa shape index (κ1) is 14.3. The number of anilines is 1. The van der Waals surface area contributed by atoms with Crippen molar-refractivity contribution in [3.8, 4) is 0 Å². The summed E-state index contributed by atoms with van der Waals surface area (Å²) in [6, 6.07) is 4.69. The van der Waals surface area contributed by atoms with Gasteiger partial charge in [-0.25, -0.2) is 0 Å². The smallest absolute Gasteiger partial charge is 0.112 e. The summed E-state index contributed by atoms with van der Waals surface area (Å²) in [6.07, 6.45) is 8.88. The van der Waals surface area contributed by atoms with E-state index in [1.807, 2.05) is 18.5 Å². The third-order valence-corrected chi connectivity index (χ3v) is 5.07. The number of aromatic nitrogens is 2. The molecule has 0 N–H and O–H groups in total. The number of fused-ring (bicyclic) bond motifs is 1. The highest BCUT2D eigenvalue weighted by atomic mass is 79.9. The van der Waals surface area contributed by atoms with Crippen LogP contribution < -0.4 is 4.90 Å². The average Bonchev–Trinajstić information content (AvgIpc) is 2.71. The van der Waals surface area contributed by atoms with Crippen molar-refractivity contribution in [1.82, 2.24) is 9.97 Å². The summed E-state index contributed by atoms with van der Waals surface area (Å²) in [4.78, 5) is 11.5. The number of alkyl halides is 1. The van der Waals surface area contributed by atoms with Crippen LogP contribution in [0.5, 0.6) is 0 Å². The van der Waals surface area contributed by atoms with Crippen LogP contribution in [0, 0.1) is 0 Å². The van der Waals surface area contributed by atoms with Crippen LogP contribution in [0.15, 0.2) is 29.0 Å². The molecule has 20 heavy (non-hydrogen) atoms. The van der Waals surface area contributed by atoms with E-state index in [0.29, 0.717) is 6.04 Å². The van der Waals surface area contributed by atoms with Crippen molar-refractivity contribution in [2.45, 2.75) is 31.7 Å². The molecule has 0 radical (unpaired) electrons. The first-order valence-electron chi connectivity index (χ1n) is 7.02. The molecule has 1 unspecified atom stereocenters. The molecule has 1 saturated heterocycles. The molecule has 1 atom stereocenters. The van der Waals surface area contributed by atoms with Gasteiger partial charge in [0.25, 0.3) is 0 Å². The Morgan fingerprint density at radius 3 is 3.00 bits per heavy atom. The molecular weight excluding hydrogens is 382 g/mol. The van der Waals surface area contributed by atoms with Gasteiger partial charge in [-0.3, -0.25) is 9.97 Å². The Balaban J connectivity index is 2.07. The molecule has 1 fully saturated rings. The number of nitrogens with zero attached hydrogens (tertiary/aromatic N) is 3. The second-order valence-corrected chi connectivity index (χ2v) is 6.77. The molecular formula is C15H17Br2N3. The lowest BCUT2D eigenvalue weighted by Gasteiger charge is -2.31. The van der Waals surface area contributed by atoms with Gasteiger partial charge in [0.15, 0.2) is 0 Å². The molecule has 106 valence electrons. The minimum atomic E-state index is 0.550. The third-order valence-electron chi connectivity index (χ3n) is 3.89. The lowest BCUT2D eigenvalue weighted by atomic mass is 10.1. The zero-order valence-electron chi connectivity index (χ0n) is 11.2. The predicted octanol–water partition coefficient (Wildman–Crippen LogP) is 4.54. The topological polar surface area (TPSA) is 29.0 Å². The first-order chi connectivity index (χ1) is 9.79. The van der Waals surface area contributed by atoms with Gasteiger partial charge in [-0.15, -0.1) is 0 Å². The Kier molecular flexibility index (Phi) is 4.56. The van der Waals surface area contributed by atoms with Crippen molar-refractivity contribution in [1.29, 1.82) is 0 Å². The maximum absolute atomic E-state index is 4.59. The minimum Gasteiger partial charge on any atom is -0.366 e. The molecule has 3 rings (SSSR count). The van der Waals surface area contributed by atoms with Gasteiger partial charge in [-0.05, 0) is 40.9 Å². The molecule has 0 aromatic carbocycles. The van der Waals surface area contributed by atoms with E-state index in [0.717, 1.165) is 27.4 Å². The van der Waals surface area contributed by atoms with Gasteiger partial charge in [0.2, 0.25) is 0 Å². The quantitative estimate of drug-likeness (QED) is 0.695. The molecule has 5 heteroatoms. The van der Waals surface area contributed by atoms with Crippen molar-refractivity contribution in [2.24, 2.45) is 0 Å². The number of rotatable bonds is 2. The van der Waals surface area contributed by atoms with Crippen LogP contribution in [0.3, 0.4) is 0 Å². The fraction of sp³-hybridized carbons (Fsp3) is 0.467. The van der Waals surface area contributed by atoms with E-state index in [1.165, 1.54) is 31.4 Å². The summed E-state index contributed by atoms with van der Waals surface area (Å²) in [6.45, 7) is 1.10. The summed E-state index contributed by atoms with van der Waals surface area (Å²) in [5.41, 5.74) is 3.17. The minimum absolute atomic E-state index is 0.550. The highest BCUT2D eigenvalue weighted by molar-refractivity contribution is 9.10. The molecule has 0 spiro atoms. The molecule has 3 heterocycles. The van der Waals surface area contributed by atoms with Crippen molar-refractivity contribution in [3.05, 3.63) is 29.0 Å². The first-order valence-corrected chi connectivity index (χ1v) is 8.94. The van der Waals surface area contributed by atoms with Gasteiger partial charge in [0.05, 0.1) is 11.2 Å². The van der Waals surface area contributed by atoms with E-state index in [9.17, 15) is 0 Å². The number of halogens is 2. The number of pyridine rings is 2. The molecule has 2 aromatic rings. The fourth-order valence-corrected chi connectivity index (χ4v) is 3.87. The normalized spacial score (nSPS) is 20.1. The van der Waals surface area contributed by atoms with Crippen LogP contribution in [0.2, 0.25) is 0 Å². The Hall–Kier alpha value is -0.680. The van der Waals surface area contributed by atoms with Gasteiger partial charge in [-0.2, -0.15) is 0 Å². The molecule has 3 nitrogen and oxygen atoms in total. The zero-order valence-corrected chi connectivity index (χ0v) is 14.4.